The van der Waals surface area contributed by atoms with Crippen molar-refractivity contribution in [1.29, 1.82) is 0 Å². The summed E-state index contributed by atoms with van der Waals surface area (Å²) >= 11 is 0. The Morgan fingerprint density at radius 3 is 1.07 bits per heavy atom. The highest BCUT2D eigenvalue weighted by atomic mass is 16.6. The topological polar surface area (TPSA) is 161 Å². The van der Waals surface area contributed by atoms with Gasteiger partial charge in [-0.3, -0.25) is 29.8 Å². The van der Waals surface area contributed by atoms with Gasteiger partial charge in [-0.15, -0.1) is 0 Å². The van der Waals surface area contributed by atoms with Crippen molar-refractivity contribution < 1.29 is 29.6 Å². The lowest BCUT2D eigenvalue weighted by Gasteiger charge is -2.00. The Morgan fingerprint density at radius 1 is 0.536 bits per heavy atom. The number of unbranched alkanes of at least 4 members (excludes halogenated alkanes) is 10. The number of hydrogen-bond donors (Lipinski definition) is 2. The molecular formula is C18H34N2O8. The summed E-state index contributed by atoms with van der Waals surface area (Å²) in [7, 11) is 0. The van der Waals surface area contributed by atoms with Gasteiger partial charge in [0.15, 0.2) is 0 Å². The Morgan fingerprint density at radius 2 is 0.786 bits per heavy atom. The van der Waals surface area contributed by atoms with Gasteiger partial charge in [0.2, 0.25) is 13.1 Å². The molecule has 0 radical (unpaired) electrons. The zero-order valence-electron chi connectivity index (χ0n) is 16.6. The first kappa shape index (κ1) is 28.0. The molecule has 2 N–H and O–H groups in total. The summed E-state index contributed by atoms with van der Waals surface area (Å²) in [5, 5.41) is 36.4. The molecule has 0 unspecified atom stereocenters. The Kier molecular flexibility index (Phi) is 21.0. The highest BCUT2D eigenvalue weighted by Gasteiger charge is 2.00. The van der Waals surface area contributed by atoms with Crippen LogP contribution in [0, 0.1) is 20.2 Å². The van der Waals surface area contributed by atoms with E-state index in [1.54, 1.807) is 0 Å². The fourth-order valence-electron chi connectivity index (χ4n) is 2.45. The van der Waals surface area contributed by atoms with E-state index >= 15 is 0 Å². The molecule has 0 bridgehead atoms. The number of nitro groups is 2. The van der Waals surface area contributed by atoms with Gasteiger partial charge in [-0.2, -0.15) is 0 Å². The van der Waals surface area contributed by atoms with Crippen molar-refractivity contribution in [3.8, 4) is 0 Å². The molecule has 0 saturated heterocycles. The van der Waals surface area contributed by atoms with Crippen LogP contribution < -0.4 is 0 Å². The van der Waals surface area contributed by atoms with Crippen LogP contribution in [0.1, 0.15) is 89.9 Å². The maximum Gasteiger partial charge on any atom is 0.303 e. The maximum atomic E-state index is 10.2. The van der Waals surface area contributed by atoms with Gasteiger partial charge < -0.3 is 10.2 Å². The van der Waals surface area contributed by atoms with E-state index in [-0.39, 0.29) is 35.8 Å². The van der Waals surface area contributed by atoms with Crippen molar-refractivity contribution in [2.24, 2.45) is 0 Å². The summed E-state index contributed by atoms with van der Waals surface area (Å²) < 4.78 is 0. The first-order chi connectivity index (χ1) is 13.3. The van der Waals surface area contributed by atoms with Crippen LogP contribution in [0.2, 0.25) is 0 Å². The Hall–Kier alpha value is -2.26. The molecule has 0 aromatic carbocycles. The summed E-state index contributed by atoms with van der Waals surface area (Å²) in [6.07, 6.45) is 11.0. The van der Waals surface area contributed by atoms with E-state index in [0.29, 0.717) is 25.7 Å². The zero-order chi connectivity index (χ0) is 21.6. The molecule has 0 saturated carbocycles. The van der Waals surface area contributed by atoms with Gasteiger partial charge in [0.05, 0.1) is 0 Å². The van der Waals surface area contributed by atoms with Gasteiger partial charge in [0.1, 0.15) is 0 Å². The van der Waals surface area contributed by atoms with E-state index < -0.39 is 11.9 Å². The first-order valence-corrected chi connectivity index (χ1v) is 9.93. The van der Waals surface area contributed by atoms with Gasteiger partial charge in [0.25, 0.3) is 0 Å². The van der Waals surface area contributed by atoms with Crippen LogP contribution in [-0.2, 0) is 9.59 Å². The van der Waals surface area contributed by atoms with Crippen molar-refractivity contribution in [3.05, 3.63) is 20.2 Å². The molecule has 0 atom stereocenters. The number of rotatable bonds is 18. The predicted molar refractivity (Wildman–Crippen MR) is 104 cm³/mol. The number of carbonyl (C=O) groups is 2. The third-order valence-electron chi connectivity index (χ3n) is 3.96. The minimum absolute atomic E-state index is 0.0559. The average Bonchev–Trinajstić information content (AvgIpc) is 2.59. The SMILES string of the molecule is O=C(O)CCCCCCCCCCC[N+](=O)[O-].O=C(O)CCCCC[N+](=O)[O-]. The molecule has 10 nitrogen and oxygen atoms in total. The number of hydrogen-bond acceptors (Lipinski definition) is 6. The van der Waals surface area contributed by atoms with Crippen LogP contribution in [0.4, 0.5) is 0 Å². The van der Waals surface area contributed by atoms with Gasteiger partial charge in [-0.1, -0.05) is 38.5 Å². The third kappa shape index (κ3) is 31.5. The summed E-state index contributed by atoms with van der Waals surface area (Å²) in [5.74, 6) is -1.55. The second-order valence-electron chi connectivity index (χ2n) is 6.64. The van der Waals surface area contributed by atoms with Crippen molar-refractivity contribution in [1.82, 2.24) is 0 Å². The minimum Gasteiger partial charge on any atom is -0.481 e. The van der Waals surface area contributed by atoms with Crippen LogP contribution in [0.3, 0.4) is 0 Å². The van der Waals surface area contributed by atoms with E-state index in [4.69, 9.17) is 10.2 Å². The molecule has 0 fully saturated rings. The van der Waals surface area contributed by atoms with E-state index in [0.717, 1.165) is 51.4 Å². The standard InChI is InChI=1S/C12H23NO4.C6H11NO4/c14-12(15)10-8-6-4-2-1-3-5-7-9-11-13(16)17;8-6(9)4-2-1-3-5-7(10)11/h1-11H2,(H,14,15);1-5H2,(H,8,9). The largest absolute Gasteiger partial charge is 0.481 e. The van der Waals surface area contributed by atoms with Gasteiger partial charge >= 0.3 is 11.9 Å². The molecule has 10 heteroatoms. The molecule has 0 aliphatic rings. The summed E-state index contributed by atoms with van der Waals surface area (Å²) in [4.78, 5) is 39.4. The molecule has 0 aliphatic carbocycles. The van der Waals surface area contributed by atoms with Gasteiger partial charge in [0, 0.05) is 35.5 Å². The fraction of sp³-hybridized carbons (Fsp3) is 0.889. The van der Waals surface area contributed by atoms with Crippen LogP contribution >= 0.6 is 0 Å². The highest BCUT2D eigenvalue weighted by molar-refractivity contribution is 5.66. The maximum absolute atomic E-state index is 10.2. The molecule has 0 heterocycles. The second-order valence-corrected chi connectivity index (χ2v) is 6.64. The lowest BCUT2D eigenvalue weighted by Crippen LogP contribution is -2.00. The minimum atomic E-state index is -0.842. The molecule has 0 aromatic heterocycles. The van der Waals surface area contributed by atoms with Crippen molar-refractivity contribution in [3.63, 3.8) is 0 Å². The van der Waals surface area contributed by atoms with Crippen LogP contribution in [-0.4, -0.2) is 45.1 Å². The van der Waals surface area contributed by atoms with Crippen molar-refractivity contribution in [2.45, 2.75) is 89.9 Å². The Labute approximate surface area is 165 Å². The molecule has 0 spiro atoms. The number of carboxylic acid groups (broad SMARTS) is 2. The smallest absolute Gasteiger partial charge is 0.303 e. The van der Waals surface area contributed by atoms with E-state index in [9.17, 15) is 29.8 Å². The monoisotopic (exact) mass is 406 g/mol. The second kappa shape index (κ2) is 21.0. The lowest BCUT2D eigenvalue weighted by molar-refractivity contribution is -0.480. The molecule has 0 amide bonds. The summed E-state index contributed by atoms with van der Waals surface area (Å²) in [5.41, 5.74) is 0. The van der Waals surface area contributed by atoms with E-state index in [2.05, 4.69) is 0 Å². The molecule has 164 valence electrons. The normalized spacial score (nSPS) is 10.0. The van der Waals surface area contributed by atoms with Crippen LogP contribution in [0.25, 0.3) is 0 Å². The number of aliphatic carboxylic acids is 2. The number of nitrogens with zero attached hydrogens (tertiary/aromatic N) is 2. The molecule has 28 heavy (non-hydrogen) atoms. The summed E-state index contributed by atoms with van der Waals surface area (Å²) in [6, 6.07) is 0. The van der Waals surface area contributed by atoms with Gasteiger partial charge in [-0.05, 0) is 25.7 Å². The number of carboxylic acids is 2. The van der Waals surface area contributed by atoms with E-state index in [1.165, 1.54) is 0 Å². The zero-order valence-corrected chi connectivity index (χ0v) is 16.6. The first-order valence-electron chi connectivity index (χ1n) is 9.93. The quantitative estimate of drug-likeness (QED) is 0.195. The van der Waals surface area contributed by atoms with E-state index in [1.807, 2.05) is 0 Å². The lowest BCUT2D eigenvalue weighted by atomic mass is 10.1. The molecular weight excluding hydrogens is 372 g/mol. The van der Waals surface area contributed by atoms with Crippen LogP contribution in [0.15, 0.2) is 0 Å². The third-order valence-corrected chi connectivity index (χ3v) is 3.96. The molecule has 0 aliphatic heterocycles. The predicted octanol–water partition coefficient (Wildman–Crippen LogP) is 4.16. The van der Waals surface area contributed by atoms with Crippen molar-refractivity contribution in [2.75, 3.05) is 13.1 Å². The molecule has 0 rings (SSSR count). The summed E-state index contributed by atoms with van der Waals surface area (Å²) in [6.45, 7) is 0.0365. The highest BCUT2D eigenvalue weighted by Crippen LogP contribution is 2.10. The average molecular weight is 406 g/mol. The Bertz CT molecular complexity index is 405. The van der Waals surface area contributed by atoms with Crippen LogP contribution in [0.5, 0.6) is 0 Å². The van der Waals surface area contributed by atoms with Gasteiger partial charge in [-0.25, -0.2) is 0 Å². The fourth-order valence-corrected chi connectivity index (χ4v) is 2.45. The van der Waals surface area contributed by atoms with Crippen molar-refractivity contribution >= 4 is 11.9 Å². The Balaban J connectivity index is 0. The molecule has 0 aromatic rings.